The van der Waals surface area contributed by atoms with Gasteiger partial charge in [0, 0.05) is 12.1 Å². The van der Waals surface area contributed by atoms with Gasteiger partial charge in [-0.15, -0.1) is 0 Å². The van der Waals surface area contributed by atoms with E-state index in [4.69, 9.17) is 14.9 Å². The SMILES string of the molecule is NS(=O)(=O)c1ccc(CCNc2nc(OC3CCCC3)c3nc(-c4ccc(F)cc4)ccc3n2)cc1. The van der Waals surface area contributed by atoms with Crippen LogP contribution in [0.1, 0.15) is 31.2 Å². The molecule has 0 atom stereocenters. The minimum atomic E-state index is -3.71. The first-order valence-electron chi connectivity index (χ1n) is 11.8. The van der Waals surface area contributed by atoms with E-state index in [1.165, 1.54) is 24.3 Å². The summed E-state index contributed by atoms with van der Waals surface area (Å²) in [5.41, 5.74) is 3.63. The van der Waals surface area contributed by atoms with Gasteiger partial charge in [-0.1, -0.05) is 12.1 Å². The number of hydrogen-bond acceptors (Lipinski definition) is 7. The Morgan fingerprint density at radius 1 is 0.944 bits per heavy atom. The molecule has 0 aliphatic heterocycles. The van der Waals surface area contributed by atoms with Crippen LogP contribution in [0.3, 0.4) is 0 Å². The minimum Gasteiger partial charge on any atom is -0.473 e. The van der Waals surface area contributed by atoms with Gasteiger partial charge in [0.1, 0.15) is 11.9 Å². The molecule has 10 heteroatoms. The molecule has 2 heterocycles. The zero-order chi connectivity index (χ0) is 25.1. The number of nitrogens with two attached hydrogens (primary N) is 1. The second-order valence-electron chi connectivity index (χ2n) is 8.81. The number of sulfonamides is 1. The number of nitrogens with one attached hydrogen (secondary N) is 1. The minimum absolute atomic E-state index is 0.0817. The Balaban J connectivity index is 1.38. The number of halogens is 1. The molecular formula is C26H26FN5O3S. The molecule has 8 nitrogen and oxygen atoms in total. The van der Waals surface area contributed by atoms with Crippen LogP contribution < -0.4 is 15.2 Å². The third-order valence-electron chi connectivity index (χ3n) is 6.18. The molecule has 1 aliphatic rings. The van der Waals surface area contributed by atoms with Crippen molar-refractivity contribution in [1.82, 2.24) is 15.0 Å². The van der Waals surface area contributed by atoms with Crippen molar-refractivity contribution >= 4 is 27.0 Å². The van der Waals surface area contributed by atoms with Gasteiger partial charge < -0.3 is 10.1 Å². The van der Waals surface area contributed by atoms with E-state index in [0.29, 0.717) is 41.5 Å². The number of rotatable bonds is 8. The number of benzene rings is 2. The van der Waals surface area contributed by atoms with Gasteiger partial charge in [0.25, 0.3) is 0 Å². The smallest absolute Gasteiger partial charge is 0.245 e. The molecule has 3 N–H and O–H groups in total. The normalized spacial score (nSPS) is 14.3. The summed E-state index contributed by atoms with van der Waals surface area (Å²) >= 11 is 0. The van der Waals surface area contributed by atoms with Crippen molar-refractivity contribution < 1.29 is 17.5 Å². The van der Waals surface area contributed by atoms with Gasteiger partial charge in [0.2, 0.25) is 21.9 Å². The molecule has 36 heavy (non-hydrogen) atoms. The van der Waals surface area contributed by atoms with E-state index >= 15 is 0 Å². The predicted octanol–water partition coefficient (Wildman–Crippen LogP) is 4.45. The second-order valence-corrected chi connectivity index (χ2v) is 10.4. The van der Waals surface area contributed by atoms with Crippen molar-refractivity contribution in [2.75, 3.05) is 11.9 Å². The number of pyridine rings is 1. The Labute approximate surface area is 208 Å². The van der Waals surface area contributed by atoms with E-state index in [2.05, 4.69) is 15.3 Å². The molecule has 5 rings (SSSR count). The Morgan fingerprint density at radius 3 is 2.36 bits per heavy atom. The van der Waals surface area contributed by atoms with Crippen molar-refractivity contribution in [3.05, 3.63) is 72.0 Å². The number of fused-ring (bicyclic) bond motifs is 1. The van der Waals surface area contributed by atoms with Crippen LogP contribution in [0.15, 0.2) is 65.6 Å². The van der Waals surface area contributed by atoms with E-state index < -0.39 is 10.0 Å². The number of ether oxygens (including phenoxy) is 1. The summed E-state index contributed by atoms with van der Waals surface area (Å²) < 4.78 is 42.5. The molecule has 186 valence electrons. The zero-order valence-electron chi connectivity index (χ0n) is 19.5. The first-order valence-corrected chi connectivity index (χ1v) is 13.4. The molecule has 0 unspecified atom stereocenters. The monoisotopic (exact) mass is 507 g/mol. The summed E-state index contributed by atoms with van der Waals surface area (Å²) in [4.78, 5) is 14.1. The lowest BCUT2D eigenvalue weighted by atomic mass is 10.1. The van der Waals surface area contributed by atoms with Crippen LogP contribution in [0.25, 0.3) is 22.3 Å². The van der Waals surface area contributed by atoms with Gasteiger partial charge in [-0.3, -0.25) is 0 Å². The molecule has 1 saturated carbocycles. The fraction of sp³-hybridized carbons (Fsp3) is 0.269. The standard InChI is InChI=1S/C26H26FN5O3S/c27-19-9-7-18(8-10-19)22-13-14-23-24(30-22)25(35-20-3-1-2-4-20)32-26(31-23)29-16-15-17-5-11-21(12-6-17)36(28,33)34/h5-14,20H,1-4,15-16H2,(H2,28,33,34)(H,29,31,32). The Hall–Kier alpha value is -3.63. The van der Waals surface area contributed by atoms with Crippen LogP contribution in [-0.2, 0) is 16.4 Å². The van der Waals surface area contributed by atoms with Crippen molar-refractivity contribution in [2.45, 2.75) is 43.1 Å². The van der Waals surface area contributed by atoms with Crippen LogP contribution >= 0.6 is 0 Å². The predicted molar refractivity (Wildman–Crippen MR) is 136 cm³/mol. The summed E-state index contributed by atoms with van der Waals surface area (Å²) in [6, 6.07) is 16.4. The lowest BCUT2D eigenvalue weighted by molar-refractivity contribution is 0.204. The summed E-state index contributed by atoms with van der Waals surface area (Å²) in [6.45, 7) is 0.532. The molecule has 0 spiro atoms. The van der Waals surface area contributed by atoms with Crippen molar-refractivity contribution in [2.24, 2.45) is 5.14 Å². The lowest BCUT2D eigenvalue weighted by Gasteiger charge is -2.15. The topological polar surface area (TPSA) is 120 Å². The molecule has 0 amide bonds. The first kappa shape index (κ1) is 24.1. The zero-order valence-corrected chi connectivity index (χ0v) is 20.3. The molecule has 2 aromatic carbocycles. The number of primary sulfonamides is 1. The summed E-state index contributed by atoms with van der Waals surface area (Å²) in [5, 5.41) is 8.39. The van der Waals surface area contributed by atoms with E-state index in [-0.39, 0.29) is 16.8 Å². The summed E-state index contributed by atoms with van der Waals surface area (Å²) in [7, 11) is -3.71. The maximum atomic E-state index is 13.4. The molecule has 4 aromatic rings. The average Bonchev–Trinajstić information content (AvgIpc) is 3.37. The number of hydrogen-bond donors (Lipinski definition) is 2. The van der Waals surface area contributed by atoms with Gasteiger partial charge in [-0.05, 0) is 86.2 Å². The Morgan fingerprint density at radius 2 is 1.67 bits per heavy atom. The number of nitrogens with zero attached hydrogens (tertiary/aromatic N) is 3. The lowest BCUT2D eigenvalue weighted by Crippen LogP contribution is -2.15. The quantitative estimate of drug-likeness (QED) is 0.361. The van der Waals surface area contributed by atoms with Gasteiger partial charge in [0.15, 0.2) is 5.52 Å². The molecule has 0 radical (unpaired) electrons. The van der Waals surface area contributed by atoms with Crippen LogP contribution in [0.5, 0.6) is 5.88 Å². The highest BCUT2D eigenvalue weighted by Crippen LogP contribution is 2.30. The van der Waals surface area contributed by atoms with E-state index in [0.717, 1.165) is 36.8 Å². The van der Waals surface area contributed by atoms with Gasteiger partial charge >= 0.3 is 0 Å². The largest absolute Gasteiger partial charge is 0.473 e. The van der Waals surface area contributed by atoms with Gasteiger partial charge in [-0.2, -0.15) is 4.98 Å². The Bertz CT molecular complexity index is 1470. The maximum absolute atomic E-state index is 13.4. The van der Waals surface area contributed by atoms with Crippen LogP contribution in [0.4, 0.5) is 10.3 Å². The highest BCUT2D eigenvalue weighted by atomic mass is 32.2. The number of aromatic nitrogens is 3. The molecule has 1 fully saturated rings. The fourth-order valence-corrected chi connectivity index (χ4v) is 4.77. The molecular weight excluding hydrogens is 481 g/mol. The third kappa shape index (κ3) is 5.60. The molecule has 0 bridgehead atoms. The van der Waals surface area contributed by atoms with Crippen LogP contribution in [0.2, 0.25) is 0 Å². The summed E-state index contributed by atoms with van der Waals surface area (Å²) in [6.07, 6.45) is 4.91. The fourth-order valence-electron chi connectivity index (χ4n) is 4.26. The summed E-state index contributed by atoms with van der Waals surface area (Å²) in [5.74, 6) is 0.549. The van der Waals surface area contributed by atoms with Gasteiger partial charge in [-0.25, -0.2) is 27.9 Å². The van der Waals surface area contributed by atoms with Crippen molar-refractivity contribution in [1.29, 1.82) is 0 Å². The number of anilines is 1. The molecule has 1 aliphatic carbocycles. The highest BCUT2D eigenvalue weighted by molar-refractivity contribution is 7.89. The van der Waals surface area contributed by atoms with Crippen LogP contribution in [0, 0.1) is 5.82 Å². The van der Waals surface area contributed by atoms with Crippen LogP contribution in [-0.4, -0.2) is 36.0 Å². The Kier molecular flexibility index (Phi) is 6.80. The van der Waals surface area contributed by atoms with Crippen molar-refractivity contribution in [3.63, 3.8) is 0 Å². The van der Waals surface area contributed by atoms with Crippen molar-refractivity contribution in [3.8, 4) is 17.1 Å². The van der Waals surface area contributed by atoms with E-state index in [9.17, 15) is 12.8 Å². The van der Waals surface area contributed by atoms with E-state index in [1.54, 1.807) is 24.3 Å². The molecule has 2 aromatic heterocycles. The maximum Gasteiger partial charge on any atom is 0.245 e. The first-order chi connectivity index (χ1) is 17.3. The third-order valence-corrected chi connectivity index (χ3v) is 7.11. The highest BCUT2D eigenvalue weighted by Gasteiger charge is 2.20. The molecule has 0 saturated heterocycles. The van der Waals surface area contributed by atoms with Gasteiger partial charge in [0.05, 0.1) is 16.1 Å². The average molecular weight is 508 g/mol. The second kappa shape index (κ2) is 10.2. The van der Waals surface area contributed by atoms with E-state index in [1.807, 2.05) is 12.1 Å².